The van der Waals surface area contributed by atoms with Crippen molar-refractivity contribution in [3.8, 4) is 0 Å². The van der Waals surface area contributed by atoms with E-state index in [1.165, 1.54) is 0 Å². The molecule has 2 N–H and O–H groups in total. The number of H-pyrrole nitrogens is 1. The van der Waals surface area contributed by atoms with Gasteiger partial charge in [0.1, 0.15) is 5.56 Å². The molecule has 1 aliphatic rings. The van der Waals surface area contributed by atoms with Crippen LogP contribution in [-0.4, -0.2) is 37.7 Å². The molecule has 0 radical (unpaired) electrons. The lowest BCUT2D eigenvalue weighted by molar-refractivity contribution is 0.0522. The van der Waals surface area contributed by atoms with E-state index >= 15 is 0 Å². The van der Waals surface area contributed by atoms with Crippen molar-refractivity contribution < 1.29 is 17.9 Å². The molecule has 0 amide bonds. The molecule has 0 aromatic carbocycles. The molecule has 2 rings (SSSR count). The quantitative estimate of drug-likeness (QED) is 0.765. The van der Waals surface area contributed by atoms with Gasteiger partial charge in [-0.3, -0.25) is 5.10 Å². The van der Waals surface area contributed by atoms with Crippen LogP contribution in [0.25, 0.3) is 0 Å². The van der Waals surface area contributed by atoms with Crippen LogP contribution in [0.2, 0.25) is 0 Å². The van der Waals surface area contributed by atoms with Gasteiger partial charge < -0.3 is 4.74 Å². The molecule has 0 aliphatic heterocycles. The topological polar surface area (TPSA) is 101 Å². The van der Waals surface area contributed by atoms with Gasteiger partial charge in [0.2, 0.25) is 0 Å². The predicted octanol–water partition coefficient (Wildman–Crippen LogP) is 1.05. The molecule has 0 unspecified atom stereocenters. The van der Waals surface area contributed by atoms with Gasteiger partial charge in [0, 0.05) is 6.54 Å². The summed E-state index contributed by atoms with van der Waals surface area (Å²) in [6, 6.07) is 0. The predicted molar refractivity (Wildman–Crippen MR) is 71.7 cm³/mol. The van der Waals surface area contributed by atoms with E-state index in [0.29, 0.717) is 6.54 Å². The van der Waals surface area contributed by atoms with Crippen molar-refractivity contribution in [3.05, 3.63) is 11.8 Å². The molecule has 1 aromatic rings. The van der Waals surface area contributed by atoms with E-state index in [4.69, 9.17) is 4.74 Å². The highest BCUT2D eigenvalue weighted by molar-refractivity contribution is 7.89. The summed E-state index contributed by atoms with van der Waals surface area (Å²) in [5, 5.41) is 5.74. The average Bonchev–Trinajstić information content (AvgIpc) is 2.84. The first-order chi connectivity index (χ1) is 9.38. The van der Waals surface area contributed by atoms with Crippen LogP contribution in [0.15, 0.2) is 11.2 Å². The van der Waals surface area contributed by atoms with Crippen molar-refractivity contribution in [2.75, 3.05) is 13.2 Å². The molecule has 112 valence electrons. The first-order valence-electron chi connectivity index (χ1n) is 6.58. The van der Waals surface area contributed by atoms with Crippen molar-refractivity contribution in [1.82, 2.24) is 14.9 Å². The van der Waals surface area contributed by atoms with Crippen LogP contribution >= 0.6 is 0 Å². The molecule has 0 bridgehead atoms. The fourth-order valence-corrected chi connectivity index (χ4v) is 3.41. The van der Waals surface area contributed by atoms with Crippen LogP contribution in [0.3, 0.4) is 0 Å². The molecule has 0 saturated heterocycles. The zero-order chi connectivity index (χ0) is 14.8. The van der Waals surface area contributed by atoms with E-state index in [0.717, 1.165) is 25.5 Å². The standard InChI is InChI=1S/C12H19N3O4S/c1-3-19-11(16)9-7-13-15-10(9)20(17,18)14-8-12(2)5-4-6-12/h7,14H,3-6,8H2,1-2H3,(H,13,15). The van der Waals surface area contributed by atoms with Gasteiger partial charge in [-0.25, -0.2) is 17.9 Å². The van der Waals surface area contributed by atoms with Gasteiger partial charge in [-0.1, -0.05) is 13.3 Å². The molecule has 1 fully saturated rings. The van der Waals surface area contributed by atoms with Crippen LogP contribution < -0.4 is 4.72 Å². The molecular weight excluding hydrogens is 282 g/mol. The Morgan fingerprint density at radius 2 is 2.25 bits per heavy atom. The molecule has 0 spiro atoms. The highest BCUT2D eigenvalue weighted by Gasteiger charge is 2.34. The maximum atomic E-state index is 12.2. The first kappa shape index (κ1) is 15.0. The highest BCUT2D eigenvalue weighted by Crippen LogP contribution is 2.39. The smallest absolute Gasteiger partial charge is 0.342 e. The fraction of sp³-hybridized carbons (Fsp3) is 0.667. The minimum atomic E-state index is -3.79. The molecular formula is C12H19N3O4S. The number of carbonyl (C=O) groups excluding carboxylic acids is 1. The lowest BCUT2D eigenvalue weighted by atomic mass is 9.71. The third kappa shape index (κ3) is 3.01. The number of rotatable bonds is 6. The lowest BCUT2D eigenvalue weighted by Gasteiger charge is -2.38. The normalized spacial score (nSPS) is 17.5. The average molecular weight is 301 g/mol. The first-order valence-corrected chi connectivity index (χ1v) is 8.06. The number of carbonyl (C=O) groups is 1. The number of hydrogen-bond acceptors (Lipinski definition) is 5. The van der Waals surface area contributed by atoms with Crippen molar-refractivity contribution in [2.45, 2.75) is 38.1 Å². The summed E-state index contributed by atoms with van der Waals surface area (Å²) < 4.78 is 31.8. The summed E-state index contributed by atoms with van der Waals surface area (Å²) in [4.78, 5) is 11.7. The molecule has 8 heteroatoms. The molecule has 20 heavy (non-hydrogen) atoms. The second kappa shape index (κ2) is 5.53. The van der Waals surface area contributed by atoms with Gasteiger partial charge in [0.25, 0.3) is 10.0 Å². The number of hydrogen-bond donors (Lipinski definition) is 2. The van der Waals surface area contributed by atoms with Gasteiger partial charge in [0.15, 0.2) is 5.03 Å². The Hall–Kier alpha value is -1.41. The number of nitrogens with one attached hydrogen (secondary N) is 2. The summed E-state index contributed by atoms with van der Waals surface area (Å²) >= 11 is 0. The van der Waals surface area contributed by atoms with E-state index in [1.807, 2.05) is 6.92 Å². The van der Waals surface area contributed by atoms with E-state index in [9.17, 15) is 13.2 Å². The Labute approximate surface area is 118 Å². The van der Waals surface area contributed by atoms with Gasteiger partial charge >= 0.3 is 5.97 Å². The summed E-state index contributed by atoms with van der Waals surface area (Å²) in [5.41, 5.74) is -0.0601. The molecule has 1 saturated carbocycles. The Balaban J connectivity index is 2.13. The number of sulfonamides is 1. The zero-order valence-electron chi connectivity index (χ0n) is 11.6. The molecule has 1 heterocycles. The SMILES string of the molecule is CCOC(=O)c1cn[nH]c1S(=O)(=O)NCC1(C)CCC1. The van der Waals surface area contributed by atoms with Gasteiger partial charge in [-0.05, 0) is 25.2 Å². The van der Waals surface area contributed by atoms with Crippen molar-refractivity contribution in [2.24, 2.45) is 5.41 Å². The highest BCUT2D eigenvalue weighted by atomic mass is 32.2. The van der Waals surface area contributed by atoms with Crippen LogP contribution in [0.4, 0.5) is 0 Å². The summed E-state index contributed by atoms with van der Waals surface area (Å²) in [6.45, 7) is 4.23. The van der Waals surface area contributed by atoms with Gasteiger partial charge in [-0.2, -0.15) is 5.10 Å². The number of aromatic nitrogens is 2. The van der Waals surface area contributed by atoms with Gasteiger partial charge in [0.05, 0.1) is 12.8 Å². The molecule has 1 aromatic heterocycles. The maximum absolute atomic E-state index is 12.2. The van der Waals surface area contributed by atoms with Gasteiger partial charge in [-0.15, -0.1) is 0 Å². The second-order valence-corrected chi connectivity index (χ2v) is 7.03. The number of nitrogens with zero attached hydrogens (tertiary/aromatic N) is 1. The number of esters is 1. The third-order valence-corrected chi connectivity index (χ3v) is 4.99. The maximum Gasteiger partial charge on any atom is 0.342 e. The Morgan fingerprint density at radius 3 is 2.80 bits per heavy atom. The van der Waals surface area contributed by atoms with Crippen LogP contribution in [0, 0.1) is 5.41 Å². The van der Waals surface area contributed by atoms with Crippen LogP contribution in [-0.2, 0) is 14.8 Å². The van der Waals surface area contributed by atoms with Crippen molar-refractivity contribution >= 4 is 16.0 Å². The minimum Gasteiger partial charge on any atom is -0.462 e. The third-order valence-electron chi connectivity index (χ3n) is 3.62. The monoisotopic (exact) mass is 301 g/mol. The van der Waals surface area contributed by atoms with Crippen molar-refractivity contribution in [1.29, 1.82) is 0 Å². The summed E-state index contributed by atoms with van der Waals surface area (Å²) in [7, 11) is -3.79. The largest absolute Gasteiger partial charge is 0.462 e. The van der Waals surface area contributed by atoms with E-state index in [-0.39, 0.29) is 22.6 Å². The molecule has 7 nitrogen and oxygen atoms in total. The van der Waals surface area contributed by atoms with E-state index < -0.39 is 16.0 Å². The Bertz CT molecular complexity index is 590. The Kier molecular flexibility index (Phi) is 4.14. The van der Waals surface area contributed by atoms with E-state index in [1.54, 1.807) is 6.92 Å². The lowest BCUT2D eigenvalue weighted by Crippen LogP contribution is -2.40. The van der Waals surface area contributed by atoms with Crippen molar-refractivity contribution in [3.63, 3.8) is 0 Å². The fourth-order valence-electron chi connectivity index (χ4n) is 2.13. The summed E-state index contributed by atoms with van der Waals surface area (Å²) in [5.74, 6) is -0.698. The molecule has 1 aliphatic carbocycles. The minimum absolute atomic E-state index is 0.0111. The van der Waals surface area contributed by atoms with E-state index in [2.05, 4.69) is 14.9 Å². The summed E-state index contributed by atoms with van der Waals surface area (Å²) in [6.07, 6.45) is 4.29. The van der Waals surface area contributed by atoms with Crippen LogP contribution in [0.5, 0.6) is 0 Å². The number of aromatic amines is 1. The Morgan fingerprint density at radius 1 is 1.55 bits per heavy atom. The number of ether oxygens (including phenoxy) is 1. The molecule has 0 atom stereocenters. The van der Waals surface area contributed by atoms with Crippen LogP contribution in [0.1, 0.15) is 43.5 Å². The second-order valence-electron chi connectivity index (χ2n) is 5.32. The zero-order valence-corrected chi connectivity index (χ0v) is 12.4.